The number of thiocarbonyl (C=S) groups is 1. The van der Waals surface area contributed by atoms with E-state index in [0.717, 1.165) is 11.3 Å². The lowest BCUT2D eigenvalue weighted by Crippen LogP contribution is -2.67. The van der Waals surface area contributed by atoms with E-state index in [1.165, 1.54) is 0 Å². The summed E-state index contributed by atoms with van der Waals surface area (Å²) in [6, 6.07) is -0.169. The molecule has 2 aliphatic rings. The third-order valence-corrected chi connectivity index (χ3v) is 4.32. The van der Waals surface area contributed by atoms with Crippen LogP contribution in [-0.4, -0.2) is 38.1 Å². The van der Waals surface area contributed by atoms with Gasteiger partial charge in [0.1, 0.15) is 16.1 Å². The molecule has 0 aromatic heterocycles. The van der Waals surface area contributed by atoms with Crippen molar-refractivity contribution >= 4 is 34.9 Å². The van der Waals surface area contributed by atoms with Gasteiger partial charge in [-0.2, -0.15) is 0 Å². The van der Waals surface area contributed by atoms with Gasteiger partial charge in [-0.05, 0) is 12.5 Å². The summed E-state index contributed by atoms with van der Waals surface area (Å²) in [6.45, 7) is 1.82. The number of carboxylic acids is 1. The molecule has 0 aromatic carbocycles. The van der Waals surface area contributed by atoms with E-state index in [2.05, 4.69) is 0 Å². The highest BCUT2D eigenvalue weighted by molar-refractivity contribution is 8.00. The average molecular weight is 230 g/mol. The monoisotopic (exact) mass is 230 g/mol. The highest BCUT2D eigenvalue weighted by Gasteiger charge is 2.48. The van der Waals surface area contributed by atoms with Gasteiger partial charge in [0.2, 0.25) is 0 Å². The van der Waals surface area contributed by atoms with Crippen molar-refractivity contribution in [2.24, 2.45) is 5.73 Å². The van der Waals surface area contributed by atoms with E-state index in [1.807, 2.05) is 6.92 Å². The van der Waals surface area contributed by atoms with Crippen molar-refractivity contribution in [3.8, 4) is 0 Å². The summed E-state index contributed by atoms with van der Waals surface area (Å²) in [5.41, 5.74) is 6.94. The SMILES string of the molecule is CC1=C(C(=O)O)N2C(=S)C(N)C2SC1. The Labute approximate surface area is 91.1 Å². The minimum Gasteiger partial charge on any atom is -0.477 e. The second-order valence-corrected chi connectivity index (χ2v) is 4.89. The molecule has 0 aromatic rings. The molecule has 0 saturated carbocycles. The molecule has 0 spiro atoms. The Morgan fingerprint density at radius 2 is 2.43 bits per heavy atom. The number of nitrogens with two attached hydrogens (primary N) is 1. The molecule has 0 radical (unpaired) electrons. The predicted octanol–water partition coefficient (Wildman–Crippen LogP) is 0.388. The smallest absolute Gasteiger partial charge is 0.352 e. The van der Waals surface area contributed by atoms with E-state index in [-0.39, 0.29) is 11.4 Å². The molecule has 3 N–H and O–H groups in total. The van der Waals surface area contributed by atoms with Crippen LogP contribution in [0, 0.1) is 0 Å². The Morgan fingerprint density at radius 3 is 3.00 bits per heavy atom. The number of hydrogen-bond donors (Lipinski definition) is 2. The maximum Gasteiger partial charge on any atom is 0.352 e. The summed E-state index contributed by atoms with van der Waals surface area (Å²) >= 11 is 6.69. The van der Waals surface area contributed by atoms with Crippen LogP contribution in [0.15, 0.2) is 11.3 Å². The fourth-order valence-electron chi connectivity index (χ4n) is 1.67. The molecule has 2 heterocycles. The molecule has 14 heavy (non-hydrogen) atoms. The molecule has 0 bridgehead atoms. The lowest BCUT2D eigenvalue weighted by molar-refractivity contribution is -0.134. The van der Waals surface area contributed by atoms with Crippen LogP contribution in [0.5, 0.6) is 0 Å². The van der Waals surface area contributed by atoms with Crippen molar-refractivity contribution in [3.05, 3.63) is 11.3 Å². The number of thioether (sulfide) groups is 1. The van der Waals surface area contributed by atoms with Gasteiger partial charge in [0.25, 0.3) is 0 Å². The molecule has 2 unspecified atom stereocenters. The highest BCUT2D eigenvalue weighted by atomic mass is 32.2. The molecular formula is C8H10N2O2S2. The molecule has 1 saturated heterocycles. The minimum atomic E-state index is -0.915. The quantitative estimate of drug-likeness (QED) is 0.635. The zero-order valence-electron chi connectivity index (χ0n) is 7.56. The van der Waals surface area contributed by atoms with Gasteiger partial charge in [0.15, 0.2) is 0 Å². The molecular weight excluding hydrogens is 220 g/mol. The molecule has 76 valence electrons. The standard InChI is InChI=1S/C8H10N2O2S2/c1-3-2-14-7-4(9)6(13)10(7)5(3)8(11)12/h4,7H,2,9H2,1H3,(H,11,12). The summed E-state index contributed by atoms with van der Waals surface area (Å²) in [6.07, 6.45) is 0. The number of fused-ring (bicyclic) bond motifs is 1. The summed E-state index contributed by atoms with van der Waals surface area (Å²) < 4.78 is 0. The van der Waals surface area contributed by atoms with E-state index in [0.29, 0.717) is 10.7 Å². The number of nitrogens with zero attached hydrogens (tertiary/aromatic N) is 1. The molecule has 0 amide bonds. The van der Waals surface area contributed by atoms with Crippen molar-refractivity contribution in [3.63, 3.8) is 0 Å². The maximum absolute atomic E-state index is 11.0. The summed E-state index contributed by atoms with van der Waals surface area (Å²) in [5, 5.41) is 9.05. The lowest BCUT2D eigenvalue weighted by atomic mass is 10.1. The van der Waals surface area contributed by atoms with Crippen LogP contribution in [0.3, 0.4) is 0 Å². The number of carboxylic acid groups (broad SMARTS) is 1. The first kappa shape index (κ1) is 9.95. The Bertz CT molecular complexity index is 353. The van der Waals surface area contributed by atoms with Crippen molar-refractivity contribution in [1.29, 1.82) is 0 Å². The van der Waals surface area contributed by atoms with Gasteiger partial charge in [-0.15, -0.1) is 11.8 Å². The Kier molecular flexibility index (Phi) is 2.29. The number of hydrogen-bond acceptors (Lipinski definition) is 4. The molecule has 0 aliphatic carbocycles. The molecule has 4 nitrogen and oxygen atoms in total. The first-order valence-corrected chi connectivity index (χ1v) is 5.63. The minimum absolute atomic E-state index is 0.0253. The lowest BCUT2D eigenvalue weighted by Gasteiger charge is -2.50. The van der Waals surface area contributed by atoms with E-state index in [9.17, 15) is 4.79 Å². The second-order valence-electron chi connectivity index (χ2n) is 3.37. The average Bonchev–Trinajstić information content (AvgIpc) is 2.15. The third-order valence-electron chi connectivity index (χ3n) is 2.40. The maximum atomic E-state index is 11.0. The third kappa shape index (κ3) is 1.18. The molecule has 2 atom stereocenters. The van der Waals surface area contributed by atoms with E-state index < -0.39 is 5.97 Å². The Hall–Kier alpha value is -0.590. The molecule has 2 aliphatic heterocycles. The molecule has 6 heteroatoms. The summed E-state index contributed by atoms with van der Waals surface area (Å²) in [5.74, 6) is -0.193. The summed E-state index contributed by atoms with van der Waals surface area (Å²) in [4.78, 5) is 13.2. The van der Waals surface area contributed by atoms with Gasteiger partial charge in [-0.25, -0.2) is 4.79 Å². The normalized spacial score (nSPS) is 31.3. The Balaban J connectivity index is 2.37. The number of aliphatic carboxylic acids is 1. The van der Waals surface area contributed by atoms with Crippen molar-refractivity contribution in [1.82, 2.24) is 4.90 Å². The topological polar surface area (TPSA) is 66.6 Å². The predicted molar refractivity (Wildman–Crippen MR) is 59.0 cm³/mol. The van der Waals surface area contributed by atoms with Crippen LogP contribution in [-0.2, 0) is 4.79 Å². The highest BCUT2D eigenvalue weighted by Crippen LogP contribution is 2.39. The van der Waals surface area contributed by atoms with Gasteiger partial charge in [-0.3, -0.25) is 0 Å². The van der Waals surface area contributed by atoms with Crippen LogP contribution in [0.1, 0.15) is 6.92 Å². The Morgan fingerprint density at radius 1 is 1.79 bits per heavy atom. The fraction of sp³-hybridized carbons (Fsp3) is 0.500. The van der Waals surface area contributed by atoms with Crippen molar-refractivity contribution < 1.29 is 9.90 Å². The van der Waals surface area contributed by atoms with Gasteiger partial charge in [-0.1, -0.05) is 12.2 Å². The van der Waals surface area contributed by atoms with Crippen molar-refractivity contribution in [2.75, 3.05) is 5.75 Å². The van der Waals surface area contributed by atoms with Crippen LogP contribution >= 0.6 is 24.0 Å². The van der Waals surface area contributed by atoms with Crippen LogP contribution in [0.4, 0.5) is 0 Å². The zero-order chi connectivity index (χ0) is 10.5. The van der Waals surface area contributed by atoms with E-state index in [1.54, 1.807) is 16.7 Å². The van der Waals surface area contributed by atoms with Gasteiger partial charge >= 0.3 is 5.97 Å². The summed E-state index contributed by atoms with van der Waals surface area (Å²) in [7, 11) is 0. The first-order valence-electron chi connectivity index (χ1n) is 4.17. The van der Waals surface area contributed by atoms with E-state index >= 15 is 0 Å². The van der Waals surface area contributed by atoms with Gasteiger partial charge in [0.05, 0.1) is 6.04 Å². The number of rotatable bonds is 1. The zero-order valence-corrected chi connectivity index (χ0v) is 9.19. The van der Waals surface area contributed by atoms with E-state index in [4.69, 9.17) is 23.1 Å². The van der Waals surface area contributed by atoms with Crippen molar-refractivity contribution in [2.45, 2.75) is 18.3 Å². The second kappa shape index (κ2) is 3.22. The van der Waals surface area contributed by atoms with Crippen LogP contribution in [0.25, 0.3) is 0 Å². The van der Waals surface area contributed by atoms with Gasteiger partial charge in [0, 0.05) is 5.75 Å². The molecule has 1 fully saturated rings. The first-order chi connectivity index (χ1) is 6.54. The van der Waals surface area contributed by atoms with Gasteiger partial charge < -0.3 is 15.7 Å². The number of carbonyl (C=O) groups is 1. The fourth-order valence-corrected chi connectivity index (χ4v) is 3.42. The largest absolute Gasteiger partial charge is 0.477 e. The van der Waals surface area contributed by atoms with Crippen LogP contribution in [0.2, 0.25) is 0 Å². The van der Waals surface area contributed by atoms with Crippen LogP contribution < -0.4 is 5.73 Å². The molecule has 2 rings (SSSR count).